The zero-order valence-electron chi connectivity index (χ0n) is 10.6. The van der Waals surface area contributed by atoms with Crippen LogP contribution in [0.2, 0.25) is 0 Å². The van der Waals surface area contributed by atoms with Crippen LogP contribution in [0.15, 0.2) is 29.8 Å². The Kier molecular flexibility index (Phi) is 3.43. The van der Waals surface area contributed by atoms with Gasteiger partial charge in [-0.2, -0.15) is 0 Å². The normalized spacial score (nSPS) is 17.9. The second kappa shape index (κ2) is 5.21. The van der Waals surface area contributed by atoms with E-state index in [0.29, 0.717) is 6.04 Å². The van der Waals surface area contributed by atoms with Crippen molar-refractivity contribution in [1.29, 1.82) is 0 Å². The van der Waals surface area contributed by atoms with Crippen molar-refractivity contribution >= 4 is 11.3 Å². The fraction of sp³-hybridized carbons (Fsp3) is 0.400. The Bertz CT molecular complexity index is 519. The number of aromatic nitrogens is 1. The quantitative estimate of drug-likeness (QED) is 0.910. The van der Waals surface area contributed by atoms with E-state index in [1.165, 1.54) is 29.0 Å². The van der Waals surface area contributed by atoms with Gasteiger partial charge in [-0.1, -0.05) is 25.1 Å². The van der Waals surface area contributed by atoms with Crippen molar-refractivity contribution in [3.63, 3.8) is 0 Å². The van der Waals surface area contributed by atoms with Crippen LogP contribution in [0.4, 0.5) is 0 Å². The van der Waals surface area contributed by atoms with E-state index in [4.69, 9.17) is 0 Å². The van der Waals surface area contributed by atoms with Gasteiger partial charge in [0.15, 0.2) is 0 Å². The summed E-state index contributed by atoms with van der Waals surface area (Å²) in [6, 6.07) is 7.29. The first-order valence-corrected chi connectivity index (χ1v) is 7.49. The third kappa shape index (κ3) is 2.20. The monoisotopic (exact) mass is 258 g/mol. The molecule has 1 aromatic heterocycles. The van der Waals surface area contributed by atoms with Crippen LogP contribution in [-0.4, -0.2) is 11.5 Å². The van der Waals surface area contributed by atoms with E-state index in [9.17, 15) is 0 Å². The molecule has 0 aliphatic heterocycles. The summed E-state index contributed by atoms with van der Waals surface area (Å²) in [5.41, 5.74) is 4.52. The van der Waals surface area contributed by atoms with Crippen LogP contribution < -0.4 is 5.32 Å². The number of nitrogens with one attached hydrogen (secondary N) is 1. The summed E-state index contributed by atoms with van der Waals surface area (Å²) in [6.45, 7) is 3.22. The van der Waals surface area contributed by atoms with Gasteiger partial charge in [-0.05, 0) is 36.1 Å². The zero-order chi connectivity index (χ0) is 12.4. The predicted octanol–water partition coefficient (Wildman–Crippen LogP) is 3.33. The van der Waals surface area contributed by atoms with Crippen molar-refractivity contribution in [2.24, 2.45) is 0 Å². The molecule has 3 rings (SSSR count). The molecule has 0 bridgehead atoms. The number of hydrogen-bond acceptors (Lipinski definition) is 3. The fourth-order valence-corrected chi connectivity index (χ4v) is 3.50. The van der Waals surface area contributed by atoms with Crippen LogP contribution in [0.5, 0.6) is 0 Å². The van der Waals surface area contributed by atoms with E-state index in [1.807, 2.05) is 6.20 Å². The van der Waals surface area contributed by atoms with E-state index in [0.717, 1.165) is 13.0 Å². The van der Waals surface area contributed by atoms with Crippen molar-refractivity contribution in [1.82, 2.24) is 10.3 Å². The fourth-order valence-electron chi connectivity index (χ4n) is 2.86. The van der Waals surface area contributed by atoms with Gasteiger partial charge in [0.1, 0.15) is 0 Å². The lowest BCUT2D eigenvalue weighted by molar-refractivity contribution is 0.549. The van der Waals surface area contributed by atoms with Gasteiger partial charge >= 0.3 is 0 Å². The molecule has 0 fully saturated rings. The van der Waals surface area contributed by atoms with E-state index in [-0.39, 0.29) is 0 Å². The zero-order valence-corrected chi connectivity index (χ0v) is 11.5. The second-order valence-corrected chi connectivity index (χ2v) is 5.72. The van der Waals surface area contributed by atoms with Crippen LogP contribution in [-0.2, 0) is 12.8 Å². The van der Waals surface area contributed by atoms with Gasteiger partial charge in [-0.3, -0.25) is 0 Å². The van der Waals surface area contributed by atoms with Crippen LogP contribution in [0, 0.1) is 0 Å². The van der Waals surface area contributed by atoms with E-state index in [1.54, 1.807) is 16.9 Å². The van der Waals surface area contributed by atoms with Gasteiger partial charge in [0.2, 0.25) is 0 Å². The minimum Gasteiger partial charge on any atom is -0.310 e. The minimum absolute atomic E-state index is 0.557. The van der Waals surface area contributed by atoms with E-state index >= 15 is 0 Å². The molecule has 0 radical (unpaired) electrons. The highest BCUT2D eigenvalue weighted by molar-refractivity contribution is 7.09. The molecule has 0 amide bonds. The first-order chi connectivity index (χ1) is 8.88. The lowest BCUT2D eigenvalue weighted by Crippen LogP contribution is -2.18. The van der Waals surface area contributed by atoms with Crippen molar-refractivity contribution in [2.75, 3.05) is 6.54 Å². The lowest BCUT2D eigenvalue weighted by atomic mass is 10.0. The smallest absolute Gasteiger partial charge is 0.0968 e. The van der Waals surface area contributed by atoms with Gasteiger partial charge in [-0.25, -0.2) is 4.98 Å². The molecule has 0 spiro atoms. The average Bonchev–Trinajstić information content (AvgIpc) is 3.01. The highest BCUT2D eigenvalue weighted by Crippen LogP contribution is 2.34. The maximum Gasteiger partial charge on any atom is 0.0968 e. The Balaban J connectivity index is 1.89. The second-order valence-electron chi connectivity index (χ2n) is 4.74. The lowest BCUT2D eigenvalue weighted by Gasteiger charge is -2.13. The molecule has 2 aromatic rings. The molecule has 18 heavy (non-hydrogen) atoms. The Morgan fingerprint density at radius 1 is 1.44 bits per heavy atom. The van der Waals surface area contributed by atoms with Gasteiger partial charge in [0.05, 0.1) is 5.01 Å². The topological polar surface area (TPSA) is 24.9 Å². The van der Waals surface area contributed by atoms with Gasteiger partial charge in [-0.15, -0.1) is 11.3 Å². The van der Waals surface area contributed by atoms with Gasteiger partial charge < -0.3 is 5.32 Å². The molecule has 3 heteroatoms. The standard InChI is InChI=1S/C15H18N2S/c1-2-16-14-7-6-12-11(4-3-5-13(12)14)10-15-17-8-9-18-15/h3-5,8-9,14,16H,2,6-7,10H2,1H3. The van der Waals surface area contributed by atoms with Gasteiger partial charge in [0.25, 0.3) is 0 Å². The van der Waals surface area contributed by atoms with Crippen LogP contribution in [0.3, 0.4) is 0 Å². The number of fused-ring (bicyclic) bond motifs is 1. The number of hydrogen-bond donors (Lipinski definition) is 1. The molecule has 1 unspecified atom stereocenters. The first-order valence-electron chi connectivity index (χ1n) is 6.61. The van der Waals surface area contributed by atoms with Crippen molar-refractivity contribution in [3.8, 4) is 0 Å². The summed E-state index contributed by atoms with van der Waals surface area (Å²) in [6.07, 6.45) is 5.32. The number of nitrogens with zero attached hydrogens (tertiary/aromatic N) is 1. The van der Waals surface area contributed by atoms with Crippen LogP contribution in [0.1, 0.15) is 41.1 Å². The predicted molar refractivity (Wildman–Crippen MR) is 76.1 cm³/mol. The molecular formula is C15H18N2S. The molecule has 0 saturated heterocycles. The van der Waals surface area contributed by atoms with Crippen molar-refractivity contribution < 1.29 is 0 Å². The average molecular weight is 258 g/mol. The van der Waals surface area contributed by atoms with E-state index < -0.39 is 0 Å². The Hall–Kier alpha value is -1.19. The SMILES string of the molecule is CCNC1CCc2c(Cc3nccs3)cccc21. The molecule has 2 nitrogen and oxygen atoms in total. The third-order valence-electron chi connectivity index (χ3n) is 3.64. The molecule has 1 aliphatic rings. The summed E-state index contributed by atoms with van der Waals surface area (Å²) in [5.74, 6) is 0. The molecular weight excluding hydrogens is 240 g/mol. The maximum absolute atomic E-state index is 4.40. The first kappa shape index (κ1) is 11.9. The molecule has 1 atom stereocenters. The summed E-state index contributed by atoms with van der Waals surface area (Å²) >= 11 is 1.75. The summed E-state index contributed by atoms with van der Waals surface area (Å²) in [7, 11) is 0. The summed E-state index contributed by atoms with van der Waals surface area (Å²) in [4.78, 5) is 4.40. The summed E-state index contributed by atoms with van der Waals surface area (Å²) in [5, 5.41) is 6.85. The van der Waals surface area contributed by atoms with Crippen molar-refractivity contribution in [2.45, 2.75) is 32.2 Å². The number of benzene rings is 1. The highest BCUT2D eigenvalue weighted by Gasteiger charge is 2.23. The van der Waals surface area contributed by atoms with Crippen LogP contribution in [0.25, 0.3) is 0 Å². The third-order valence-corrected chi connectivity index (χ3v) is 4.42. The Morgan fingerprint density at radius 3 is 3.17 bits per heavy atom. The highest BCUT2D eigenvalue weighted by atomic mass is 32.1. The van der Waals surface area contributed by atoms with E-state index in [2.05, 4.69) is 40.8 Å². The summed E-state index contributed by atoms with van der Waals surface area (Å²) < 4.78 is 0. The minimum atomic E-state index is 0.557. The largest absolute Gasteiger partial charge is 0.310 e. The Labute approximate surface area is 112 Å². The maximum atomic E-state index is 4.40. The van der Waals surface area contributed by atoms with Crippen molar-refractivity contribution in [3.05, 3.63) is 51.5 Å². The number of rotatable bonds is 4. The Morgan fingerprint density at radius 2 is 2.39 bits per heavy atom. The molecule has 94 valence electrons. The molecule has 1 aliphatic carbocycles. The van der Waals surface area contributed by atoms with Crippen LogP contribution >= 0.6 is 11.3 Å². The molecule has 1 aromatic carbocycles. The molecule has 0 saturated carbocycles. The number of thiazole rings is 1. The molecule has 1 heterocycles. The molecule has 1 N–H and O–H groups in total. The van der Waals surface area contributed by atoms with Gasteiger partial charge in [0, 0.05) is 24.0 Å².